The highest BCUT2D eigenvalue weighted by molar-refractivity contribution is 6.03. The number of amides is 2. The van der Waals surface area contributed by atoms with Crippen molar-refractivity contribution >= 4 is 17.4 Å². The molecule has 2 aromatic carbocycles. The number of nitrogens with one attached hydrogen (secondary N) is 1. The lowest BCUT2D eigenvalue weighted by Gasteiger charge is -2.25. The molecule has 1 aromatic heterocycles. The van der Waals surface area contributed by atoms with Gasteiger partial charge in [0, 0.05) is 18.7 Å². The number of aromatic nitrogens is 3. The predicted molar refractivity (Wildman–Crippen MR) is 122 cm³/mol. The van der Waals surface area contributed by atoms with E-state index in [9.17, 15) is 4.79 Å². The molecule has 0 spiro atoms. The number of hydrogen-bond donors (Lipinski definition) is 1. The second kappa shape index (κ2) is 9.20. The van der Waals surface area contributed by atoms with E-state index in [-0.39, 0.29) is 6.03 Å². The SMILES string of the molecule is COc1ccc(C)cc1N(Cc1nnc2n1CCCCC2)C(=O)Nc1ccccc1C. The Bertz CT molecular complexity index is 1080. The van der Waals surface area contributed by atoms with Crippen molar-refractivity contribution in [2.24, 2.45) is 0 Å². The maximum absolute atomic E-state index is 13.5. The van der Waals surface area contributed by atoms with Gasteiger partial charge in [0.15, 0.2) is 5.82 Å². The average Bonchev–Trinajstić information content (AvgIpc) is 2.99. The molecule has 2 amide bonds. The molecular weight excluding hydrogens is 390 g/mol. The predicted octanol–water partition coefficient (Wildman–Crippen LogP) is 4.87. The van der Waals surface area contributed by atoms with Gasteiger partial charge in [0.2, 0.25) is 0 Å². The van der Waals surface area contributed by atoms with Crippen LogP contribution in [0.5, 0.6) is 5.75 Å². The summed E-state index contributed by atoms with van der Waals surface area (Å²) in [5.41, 5.74) is 3.54. The third-order valence-electron chi connectivity index (χ3n) is 5.74. The van der Waals surface area contributed by atoms with Crippen LogP contribution in [0.15, 0.2) is 42.5 Å². The van der Waals surface area contributed by atoms with Crippen LogP contribution in [0.2, 0.25) is 0 Å². The van der Waals surface area contributed by atoms with Crippen molar-refractivity contribution in [3.05, 3.63) is 65.2 Å². The van der Waals surface area contributed by atoms with Crippen LogP contribution in [0.4, 0.5) is 16.2 Å². The molecule has 162 valence electrons. The number of hydrogen-bond acceptors (Lipinski definition) is 4. The Kier molecular flexibility index (Phi) is 6.21. The summed E-state index contributed by atoms with van der Waals surface area (Å²) in [6.45, 7) is 5.18. The van der Waals surface area contributed by atoms with E-state index in [2.05, 4.69) is 20.1 Å². The normalized spacial score (nSPS) is 13.3. The zero-order chi connectivity index (χ0) is 21.8. The minimum atomic E-state index is -0.232. The van der Waals surface area contributed by atoms with Crippen LogP contribution in [0.25, 0.3) is 0 Å². The third kappa shape index (κ3) is 4.55. The fourth-order valence-corrected chi connectivity index (χ4v) is 3.98. The summed E-state index contributed by atoms with van der Waals surface area (Å²) in [5.74, 6) is 2.43. The number of carbonyl (C=O) groups is 1. The molecular formula is C24H29N5O2. The molecule has 1 aliphatic rings. The van der Waals surface area contributed by atoms with Crippen molar-refractivity contribution in [3.8, 4) is 5.75 Å². The monoisotopic (exact) mass is 419 g/mol. The second-order valence-electron chi connectivity index (χ2n) is 8.00. The number of benzene rings is 2. The summed E-state index contributed by atoms with van der Waals surface area (Å²) in [4.78, 5) is 15.2. The lowest BCUT2D eigenvalue weighted by molar-refractivity contribution is 0.256. The number of methoxy groups -OCH3 is 1. The zero-order valence-corrected chi connectivity index (χ0v) is 18.4. The van der Waals surface area contributed by atoms with Gasteiger partial charge in [-0.25, -0.2) is 4.79 Å². The highest BCUT2D eigenvalue weighted by atomic mass is 16.5. The van der Waals surface area contributed by atoms with Crippen molar-refractivity contribution in [2.75, 3.05) is 17.3 Å². The van der Waals surface area contributed by atoms with Crippen LogP contribution in [0, 0.1) is 13.8 Å². The molecule has 0 aliphatic carbocycles. The van der Waals surface area contributed by atoms with Gasteiger partial charge in [-0.2, -0.15) is 0 Å². The van der Waals surface area contributed by atoms with Gasteiger partial charge in [-0.1, -0.05) is 30.7 Å². The summed E-state index contributed by atoms with van der Waals surface area (Å²) in [5, 5.41) is 11.9. The Morgan fingerprint density at radius 3 is 2.77 bits per heavy atom. The van der Waals surface area contributed by atoms with Gasteiger partial charge in [0.05, 0.1) is 19.3 Å². The van der Waals surface area contributed by atoms with Gasteiger partial charge in [0.25, 0.3) is 0 Å². The molecule has 0 unspecified atom stereocenters. The maximum atomic E-state index is 13.5. The van der Waals surface area contributed by atoms with Gasteiger partial charge in [-0.05, 0) is 56.0 Å². The van der Waals surface area contributed by atoms with Crippen LogP contribution in [0.3, 0.4) is 0 Å². The minimum absolute atomic E-state index is 0.232. The summed E-state index contributed by atoms with van der Waals surface area (Å²) < 4.78 is 7.76. The number of nitrogens with zero attached hydrogens (tertiary/aromatic N) is 4. The van der Waals surface area contributed by atoms with Gasteiger partial charge in [0.1, 0.15) is 11.6 Å². The second-order valence-corrected chi connectivity index (χ2v) is 8.00. The topological polar surface area (TPSA) is 72.3 Å². The van der Waals surface area contributed by atoms with Crippen molar-refractivity contribution in [3.63, 3.8) is 0 Å². The van der Waals surface area contributed by atoms with E-state index in [0.29, 0.717) is 18.0 Å². The van der Waals surface area contributed by atoms with Gasteiger partial charge in [-0.3, -0.25) is 4.90 Å². The number of urea groups is 1. The van der Waals surface area contributed by atoms with Gasteiger partial charge < -0.3 is 14.6 Å². The van der Waals surface area contributed by atoms with Crippen LogP contribution >= 0.6 is 0 Å². The number of carbonyl (C=O) groups excluding carboxylic acids is 1. The molecule has 1 N–H and O–H groups in total. The molecule has 0 saturated carbocycles. The Labute approximate surface area is 183 Å². The van der Waals surface area contributed by atoms with E-state index in [1.54, 1.807) is 12.0 Å². The van der Waals surface area contributed by atoms with E-state index in [1.165, 1.54) is 6.42 Å². The molecule has 2 heterocycles. The summed E-state index contributed by atoms with van der Waals surface area (Å²) in [7, 11) is 1.62. The first kappa shape index (κ1) is 20.9. The summed E-state index contributed by atoms with van der Waals surface area (Å²) in [6, 6.07) is 13.4. The molecule has 31 heavy (non-hydrogen) atoms. The molecule has 7 heteroatoms. The van der Waals surface area contributed by atoms with E-state index in [0.717, 1.165) is 54.3 Å². The Hall–Kier alpha value is -3.35. The van der Waals surface area contributed by atoms with Crippen LogP contribution in [-0.4, -0.2) is 27.9 Å². The van der Waals surface area contributed by atoms with E-state index in [1.807, 2.05) is 56.3 Å². The molecule has 0 atom stereocenters. The highest BCUT2D eigenvalue weighted by Gasteiger charge is 2.24. The fourth-order valence-electron chi connectivity index (χ4n) is 3.98. The Morgan fingerprint density at radius 1 is 1.13 bits per heavy atom. The first-order valence-corrected chi connectivity index (χ1v) is 10.8. The molecule has 0 fully saturated rings. The van der Waals surface area contributed by atoms with E-state index < -0.39 is 0 Å². The van der Waals surface area contributed by atoms with Crippen LogP contribution < -0.4 is 15.0 Å². The van der Waals surface area contributed by atoms with Crippen molar-refractivity contribution in [2.45, 2.75) is 52.6 Å². The van der Waals surface area contributed by atoms with Crippen molar-refractivity contribution < 1.29 is 9.53 Å². The molecule has 0 bridgehead atoms. The fraction of sp³-hybridized carbons (Fsp3) is 0.375. The first-order valence-electron chi connectivity index (χ1n) is 10.8. The first-order chi connectivity index (χ1) is 15.1. The van der Waals surface area contributed by atoms with Gasteiger partial charge in [-0.15, -0.1) is 10.2 Å². The van der Waals surface area contributed by atoms with E-state index in [4.69, 9.17) is 4.74 Å². The number of anilines is 2. The highest BCUT2D eigenvalue weighted by Crippen LogP contribution is 2.31. The Morgan fingerprint density at radius 2 is 1.97 bits per heavy atom. The summed E-state index contributed by atoms with van der Waals surface area (Å²) in [6.07, 6.45) is 4.34. The number of rotatable bonds is 5. The molecule has 7 nitrogen and oxygen atoms in total. The maximum Gasteiger partial charge on any atom is 0.326 e. The lowest BCUT2D eigenvalue weighted by atomic mass is 10.2. The zero-order valence-electron chi connectivity index (χ0n) is 18.4. The quantitative estimate of drug-likeness (QED) is 0.640. The molecule has 0 saturated heterocycles. The number of ether oxygens (including phenoxy) is 1. The Balaban J connectivity index is 1.71. The largest absolute Gasteiger partial charge is 0.495 e. The van der Waals surface area contributed by atoms with Crippen molar-refractivity contribution in [1.82, 2.24) is 14.8 Å². The third-order valence-corrected chi connectivity index (χ3v) is 5.74. The molecule has 3 aromatic rings. The van der Waals surface area contributed by atoms with Crippen LogP contribution in [-0.2, 0) is 19.5 Å². The smallest absolute Gasteiger partial charge is 0.326 e. The summed E-state index contributed by atoms with van der Waals surface area (Å²) >= 11 is 0. The number of fused-ring (bicyclic) bond motifs is 1. The van der Waals surface area contributed by atoms with Crippen molar-refractivity contribution in [1.29, 1.82) is 0 Å². The van der Waals surface area contributed by atoms with Gasteiger partial charge >= 0.3 is 6.03 Å². The number of para-hydroxylation sites is 1. The van der Waals surface area contributed by atoms with E-state index >= 15 is 0 Å². The number of aryl methyl sites for hydroxylation is 3. The standard InChI is InChI=1S/C24H29N5O2/c1-17-12-13-21(31-3)20(15-17)29(24(30)25-19-10-7-6-9-18(19)2)16-23-27-26-22-11-5-4-8-14-28(22)23/h6-7,9-10,12-13,15H,4-5,8,11,14,16H2,1-3H3,(H,25,30). The average molecular weight is 420 g/mol. The lowest BCUT2D eigenvalue weighted by Crippen LogP contribution is -2.36. The molecule has 1 aliphatic heterocycles. The molecule has 0 radical (unpaired) electrons. The van der Waals surface area contributed by atoms with Crippen LogP contribution in [0.1, 0.15) is 42.0 Å². The minimum Gasteiger partial charge on any atom is -0.495 e. The molecule has 4 rings (SSSR count).